The van der Waals surface area contributed by atoms with Crippen molar-refractivity contribution < 1.29 is 19.4 Å². The number of nitrogens with one attached hydrogen (secondary N) is 2. The number of aromatic nitrogens is 2. The van der Waals surface area contributed by atoms with Crippen LogP contribution in [-0.4, -0.2) is 39.1 Å². The molecule has 0 saturated carbocycles. The van der Waals surface area contributed by atoms with Gasteiger partial charge in [0, 0.05) is 24.6 Å². The molecule has 3 N–H and O–H groups in total. The van der Waals surface area contributed by atoms with E-state index in [0.717, 1.165) is 18.7 Å². The number of hydrogen-bond acceptors (Lipinski definition) is 5. The van der Waals surface area contributed by atoms with Crippen molar-refractivity contribution in [3.63, 3.8) is 0 Å². The first-order valence-corrected chi connectivity index (χ1v) is 9.65. The Kier molecular flexibility index (Phi) is 7.57. The lowest BCUT2D eigenvalue weighted by Gasteiger charge is -2.15. The second-order valence-electron chi connectivity index (χ2n) is 6.69. The van der Waals surface area contributed by atoms with E-state index in [4.69, 9.17) is 4.74 Å². The van der Waals surface area contributed by atoms with Gasteiger partial charge in [-0.3, -0.25) is 9.59 Å². The predicted molar refractivity (Wildman–Crippen MR) is 112 cm³/mol. The van der Waals surface area contributed by atoms with Crippen LogP contribution in [0.5, 0.6) is 11.5 Å². The number of ether oxygens (including phenoxy) is 1. The first-order chi connectivity index (χ1) is 14.6. The van der Waals surface area contributed by atoms with E-state index >= 15 is 0 Å². The normalized spacial score (nSPS) is 11.6. The summed E-state index contributed by atoms with van der Waals surface area (Å²) in [5, 5.41) is 15.0. The number of aryl methyl sites for hydroxylation is 1. The third-order valence-corrected chi connectivity index (χ3v) is 4.35. The van der Waals surface area contributed by atoms with Crippen LogP contribution in [0.25, 0.3) is 0 Å². The number of imidazole rings is 1. The fraction of sp³-hybridized carbons (Fsp3) is 0.227. The smallest absolute Gasteiger partial charge is 0.321 e. The molecule has 1 atom stereocenters. The van der Waals surface area contributed by atoms with Crippen LogP contribution in [-0.2, 0) is 16.1 Å². The van der Waals surface area contributed by atoms with Gasteiger partial charge in [0.2, 0.25) is 5.91 Å². The fourth-order valence-corrected chi connectivity index (χ4v) is 2.83. The van der Waals surface area contributed by atoms with E-state index in [1.807, 2.05) is 41.1 Å². The SMILES string of the molecule is O=C(C[C@@H](NCCCn1ccnc1)C(=O)O)Nc1ccc(Oc2ccccc2)cc1. The molecule has 0 aliphatic heterocycles. The summed E-state index contributed by atoms with van der Waals surface area (Å²) in [7, 11) is 0. The highest BCUT2D eigenvalue weighted by atomic mass is 16.5. The number of para-hydroxylation sites is 1. The van der Waals surface area contributed by atoms with Crippen LogP contribution in [0.15, 0.2) is 73.3 Å². The van der Waals surface area contributed by atoms with E-state index in [1.54, 1.807) is 36.8 Å². The van der Waals surface area contributed by atoms with Crippen molar-refractivity contribution in [2.45, 2.75) is 25.4 Å². The average molecular weight is 408 g/mol. The lowest BCUT2D eigenvalue weighted by atomic mass is 10.2. The summed E-state index contributed by atoms with van der Waals surface area (Å²) < 4.78 is 7.62. The lowest BCUT2D eigenvalue weighted by molar-refractivity contribution is -0.141. The van der Waals surface area contributed by atoms with Crippen LogP contribution in [0.3, 0.4) is 0 Å². The van der Waals surface area contributed by atoms with E-state index < -0.39 is 12.0 Å². The quantitative estimate of drug-likeness (QED) is 0.421. The number of aliphatic carboxylic acids is 1. The summed E-state index contributed by atoms with van der Waals surface area (Å²) in [6, 6.07) is 15.3. The topological polar surface area (TPSA) is 105 Å². The molecular weight excluding hydrogens is 384 g/mol. The number of anilines is 1. The largest absolute Gasteiger partial charge is 0.480 e. The van der Waals surface area contributed by atoms with Gasteiger partial charge in [-0.1, -0.05) is 18.2 Å². The molecule has 3 rings (SSSR count). The van der Waals surface area contributed by atoms with Gasteiger partial charge in [0.15, 0.2) is 0 Å². The zero-order valence-corrected chi connectivity index (χ0v) is 16.4. The third kappa shape index (κ3) is 6.75. The molecule has 0 aliphatic carbocycles. The van der Waals surface area contributed by atoms with Gasteiger partial charge in [-0.05, 0) is 49.4 Å². The van der Waals surface area contributed by atoms with Crippen LogP contribution < -0.4 is 15.4 Å². The summed E-state index contributed by atoms with van der Waals surface area (Å²) in [6.45, 7) is 1.21. The Labute approximate surface area is 174 Å². The van der Waals surface area contributed by atoms with Crippen molar-refractivity contribution in [1.82, 2.24) is 14.9 Å². The predicted octanol–water partition coefficient (Wildman–Crippen LogP) is 3.14. The highest BCUT2D eigenvalue weighted by molar-refractivity contribution is 5.94. The fourth-order valence-electron chi connectivity index (χ4n) is 2.83. The zero-order chi connectivity index (χ0) is 21.2. The molecule has 8 heteroatoms. The van der Waals surface area contributed by atoms with Crippen LogP contribution in [0.4, 0.5) is 5.69 Å². The van der Waals surface area contributed by atoms with Crippen LogP contribution in [0.1, 0.15) is 12.8 Å². The standard InChI is InChI=1S/C22H24N4O4/c27-21(15-20(22(28)29)24-11-4-13-26-14-12-23-16-26)25-17-7-9-19(10-8-17)30-18-5-2-1-3-6-18/h1-3,5-10,12,14,16,20,24H,4,11,13,15H2,(H,25,27)(H,28,29)/t20-/m1/s1. The first-order valence-electron chi connectivity index (χ1n) is 9.65. The minimum absolute atomic E-state index is 0.164. The van der Waals surface area contributed by atoms with Crippen molar-refractivity contribution in [2.24, 2.45) is 0 Å². The highest BCUT2D eigenvalue weighted by Crippen LogP contribution is 2.22. The van der Waals surface area contributed by atoms with Crippen molar-refractivity contribution in [1.29, 1.82) is 0 Å². The van der Waals surface area contributed by atoms with Gasteiger partial charge in [0.25, 0.3) is 0 Å². The Hall–Kier alpha value is -3.65. The molecule has 1 amide bonds. The molecule has 0 saturated heterocycles. The molecule has 1 heterocycles. The molecule has 0 unspecified atom stereocenters. The average Bonchev–Trinajstić information content (AvgIpc) is 3.26. The monoisotopic (exact) mass is 408 g/mol. The summed E-state index contributed by atoms with van der Waals surface area (Å²) in [5.41, 5.74) is 0.574. The maximum Gasteiger partial charge on any atom is 0.321 e. The highest BCUT2D eigenvalue weighted by Gasteiger charge is 2.20. The van der Waals surface area contributed by atoms with Gasteiger partial charge in [-0.15, -0.1) is 0 Å². The van der Waals surface area contributed by atoms with Crippen LogP contribution in [0, 0.1) is 0 Å². The second kappa shape index (κ2) is 10.8. The van der Waals surface area contributed by atoms with Gasteiger partial charge >= 0.3 is 5.97 Å². The molecule has 0 aliphatic rings. The number of carboxylic acid groups (broad SMARTS) is 1. The maximum atomic E-state index is 12.3. The van der Waals surface area contributed by atoms with Crippen molar-refractivity contribution in [3.05, 3.63) is 73.3 Å². The number of rotatable bonds is 11. The lowest BCUT2D eigenvalue weighted by Crippen LogP contribution is -2.40. The minimum atomic E-state index is -1.06. The van der Waals surface area contributed by atoms with Crippen molar-refractivity contribution in [2.75, 3.05) is 11.9 Å². The van der Waals surface area contributed by atoms with Gasteiger partial charge in [0.05, 0.1) is 12.7 Å². The molecule has 2 aromatic carbocycles. The molecule has 30 heavy (non-hydrogen) atoms. The second-order valence-corrected chi connectivity index (χ2v) is 6.69. The Balaban J connectivity index is 1.44. The first kappa shape index (κ1) is 21.1. The molecule has 0 bridgehead atoms. The number of hydrogen-bond donors (Lipinski definition) is 3. The Morgan fingerprint density at radius 1 is 1.07 bits per heavy atom. The Bertz CT molecular complexity index is 928. The molecule has 0 radical (unpaired) electrons. The summed E-state index contributed by atoms with van der Waals surface area (Å²) in [5.74, 6) is -0.0690. The van der Waals surface area contributed by atoms with E-state index in [2.05, 4.69) is 15.6 Å². The number of carboxylic acids is 1. The maximum absolute atomic E-state index is 12.3. The Morgan fingerprint density at radius 3 is 2.47 bits per heavy atom. The summed E-state index contributed by atoms with van der Waals surface area (Å²) in [6.07, 6.45) is 5.81. The van der Waals surface area contributed by atoms with E-state index in [1.165, 1.54) is 0 Å². The summed E-state index contributed by atoms with van der Waals surface area (Å²) >= 11 is 0. The molecule has 0 fully saturated rings. The minimum Gasteiger partial charge on any atom is -0.480 e. The van der Waals surface area contributed by atoms with Crippen LogP contribution >= 0.6 is 0 Å². The zero-order valence-electron chi connectivity index (χ0n) is 16.4. The number of benzene rings is 2. The van der Waals surface area contributed by atoms with E-state index in [-0.39, 0.29) is 12.3 Å². The van der Waals surface area contributed by atoms with Gasteiger partial charge in [-0.2, -0.15) is 0 Å². The molecule has 156 valence electrons. The number of carbonyl (C=O) groups is 2. The Morgan fingerprint density at radius 2 is 1.80 bits per heavy atom. The molecule has 8 nitrogen and oxygen atoms in total. The molecule has 1 aromatic heterocycles. The number of amides is 1. The van der Waals surface area contributed by atoms with Crippen molar-refractivity contribution in [3.8, 4) is 11.5 Å². The molecule has 0 spiro atoms. The van der Waals surface area contributed by atoms with Gasteiger partial charge in [0.1, 0.15) is 17.5 Å². The number of carbonyl (C=O) groups excluding carboxylic acids is 1. The molecule has 3 aromatic rings. The summed E-state index contributed by atoms with van der Waals surface area (Å²) in [4.78, 5) is 27.7. The van der Waals surface area contributed by atoms with Gasteiger partial charge in [-0.25, -0.2) is 4.98 Å². The van der Waals surface area contributed by atoms with Crippen LogP contribution in [0.2, 0.25) is 0 Å². The van der Waals surface area contributed by atoms with Crippen molar-refractivity contribution >= 4 is 17.6 Å². The third-order valence-electron chi connectivity index (χ3n) is 4.35. The van der Waals surface area contributed by atoms with E-state index in [9.17, 15) is 14.7 Å². The van der Waals surface area contributed by atoms with E-state index in [0.29, 0.717) is 18.0 Å². The van der Waals surface area contributed by atoms with Gasteiger partial charge < -0.3 is 25.0 Å². The number of nitrogens with zero attached hydrogens (tertiary/aromatic N) is 2. The molecular formula is C22H24N4O4.